The highest BCUT2D eigenvalue weighted by molar-refractivity contribution is 7.98. The molecule has 1 heterocycles. The van der Waals surface area contributed by atoms with Crippen LogP contribution in [0.15, 0.2) is 71.9 Å². The summed E-state index contributed by atoms with van der Waals surface area (Å²) in [5.41, 5.74) is 2.52. The molecule has 0 spiro atoms. The van der Waals surface area contributed by atoms with Crippen LogP contribution in [0.4, 0.5) is 0 Å². The Kier molecular flexibility index (Phi) is 6.38. The predicted octanol–water partition coefficient (Wildman–Crippen LogP) is 7.84. The standard InChI is InChI=1S/C21H13Cl4N3S/c22-13-8-10-14(11-9-13)28-20(15-4-1-2-5-17(15)23)26-27-21(28)29-12-16-18(24)6-3-7-19(16)25/h1-11H,12H2. The Labute approximate surface area is 192 Å². The Balaban J connectivity index is 1.78. The molecule has 3 nitrogen and oxygen atoms in total. The van der Waals surface area contributed by atoms with E-state index in [0.717, 1.165) is 16.8 Å². The Morgan fingerprint density at radius 2 is 1.38 bits per heavy atom. The van der Waals surface area contributed by atoms with Gasteiger partial charge in [-0.05, 0) is 54.1 Å². The molecular weight excluding hydrogens is 468 g/mol. The molecule has 8 heteroatoms. The van der Waals surface area contributed by atoms with Crippen LogP contribution in [0.25, 0.3) is 17.1 Å². The molecule has 3 aromatic carbocycles. The lowest BCUT2D eigenvalue weighted by Crippen LogP contribution is -2.00. The van der Waals surface area contributed by atoms with Crippen LogP contribution in [0, 0.1) is 0 Å². The van der Waals surface area contributed by atoms with Crippen molar-refractivity contribution in [3.63, 3.8) is 0 Å². The van der Waals surface area contributed by atoms with E-state index in [-0.39, 0.29) is 0 Å². The van der Waals surface area contributed by atoms with Gasteiger partial charge >= 0.3 is 0 Å². The molecule has 0 aliphatic carbocycles. The Bertz CT molecular complexity index is 1140. The fraction of sp³-hybridized carbons (Fsp3) is 0.0476. The number of aromatic nitrogens is 3. The highest BCUT2D eigenvalue weighted by Gasteiger charge is 2.19. The summed E-state index contributed by atoms with van der Waals surface area (Å²) in [7, 11) is 0. The van der Waals surface area contributed by atoms with Crippen molar-refractivity contribution in [1.82, 2.24) is 14.8 Å². The van der Waals surface area contributed by atoms with E-state index in [9.17, 15) is 0 Å². The second kappa shape index (κ2) is 8.99. The fourth-order valence-electron chi connectivity index (χ4n) is 2.81. The second-order valence-electron chi connectivity index (χ2n) is 6.09. The van der Waals surface area contributed by atoms with Gasteiger partial charge < -0.3 is 0 Å². The van der Waals surface area contributed by atoms with Crippen LogP contribution >= 0.6 is 58.2 Å². The van der Waals surface area contributed by atoms with E-state index >= 15 is 0 Å². The van der Waals surface area contributed by atoms with Gasteiger partial charge in [-0.25, -0.2) is 0 Å². The zero-order valence-electron chi connectivity index (χ0n) is 14.8. The summed E-state index contributed by atoms with van der Waals surface area (Å²) in [6, 6.07) is 20.5. The van der Waals surface area contributed by atoms with Crippen molar-refractivity contribution in [2.24, 2.45) is 0 Å². The average Bonchev–Trinajstić information content (AvgIpc) is 3.12. The fourth-order valence-corrected chi connectivity index (χ4v) is 4.85. The van der Waals surface area contributed by atoms with E-state index in [1.807, 2.05) is 71.3 Å². The maximum atomic E-state index is 6.42. The molecule has 29 heavy (non-hydrogen) atoms. The number of hydrogen-bond acceptors (Lipinski definition) is 3. The lowest BCUT2D eigenvalue weighted by atomic mass is 10.2. The number of benzene rings is 3. The molecule has 0 atom stereocenters. The van der Waals surface area contributed by atoms with E-state index in [0.29, 0.717) is 36.8 Å². The molecule has 0 aliphatic rings. The zero-order valence-corrected chi connectivity index (χ0v) is 18.7. The SMILES string of the molecule is Clc1ccc(-n2c(SCc3c(Cl)cccc3Cl)nnc2-c2ccccc2Cl)cc1. The van der Waals surface area contributed by atoms with E-state index in [2.05, 4.69) is 10.2 Å². The molecular formula is C21H13Cl4N3S. The number of rotatable bonds is 5. The van der Waals surface area contributed by atoms with Gasteiger partial charge in [-0.15, -0.1) is 10.2 Å². The summed E-state index contributed by atoms with van der Waals surface area (Å²) < 4.78 is 1.95. The third-order valence-electron chi connectivity index (χ3n) is 4.24. The summed E-state index contributed by atoms with van der Waals surface area (Å²) >= 11 is 26.6. The third kappa shape index (κ3) is 4.42. The quantitative estimate of drug-likeness (QED) is 0.272. The van der Waals surface area contributed by atoms with Crippen molar-refractivity contribution >= 4 is 58.2 Å². The summed E-state index contributed by atoms with van der Waals surface area (Å²) in [5, 5.41) is 12.0. The van der Waals surface area contributed by atoms with Crippen LogP contribution in [0.3, 0.4) is 0 Å². The van der Waals surface area contributed by atoms with Crippen LogP contribution < -0.4 is 0 Å². The molecule has 0 N–H and O–H groups in total. The van der Waals surface area contributed by atoms with Crippen LogP contribution in [0.1, 0.15) is 5.56 Å². The van der Waals surface area contributed by atoms with Crippen molar-refractivity contribution in [2.75, 3.05) is 0 Å². The third-order valence-corrected chi connectivity index (χ3v) is 6.49. The Morgan fingerprint density at radius 3 is 2.07 bits per heavy atom. The number of halogens is 4. The molecule has 4 rings (SSSR count). The molecule has 0 bridgehead atoms. The minimum absolute atomic E-state index is 0.548. The number of hydrogen-bond donors (Lipinski definition) is 0. The zero-order chi connectivity index (χ0) is 20.4. The van der Waals surface area contributed by atoms with Crippen molar-refractivity contribution in [1.29, 1.82) is 0 Å². The first-order valence-corrected chi connectivity index (χ1v) is 11.1. The van der Waals surface area contributed by atoms with Gasteiger partial charge in [-0.2, -0.15) is 0 Å². The summed E-state index contributed by atoms with van der Waals surface area (Å²) in [4.78, 5) is 0. The smallest absolute Gasteiger partial charge is 0.196 e. The minimum Gasteiger partial charge on any atom is -0.270 e. The Hall–Kier alpha value is -1.69. The summed E-state index contributed by atoms with van der Waals surface area (Å²) in [5.74, 6) is 1.19. The maximum Gasteiger partial charge on any atom is 0.196 e. The molecule has 0 saturated carbocycles. The molecule has 146 valence electrons. The molecule has 0 radical (unpaired) electrons. The van der Waals surface area contributed by atoms with Gasteiger partial charge in [-0.1, -0.05) is 76.4 Å². The van der Waals surface area contributed by atoms with Gasteiger partial charge in [0.25, 0.3) is 0 Å². The molecule has 0 saturated heterocycles. The molecule has 0 amide bonds. The van der Waals surface area contributed by atoms with Gasteiger partial charge in [0.15, 0.2) is 11.0 Å². The molecule has 0 fully saturated rings. The van der Waals surface area contributed by atoms with E-state index in [1.54, 1.807) is 0 Å². The molecule has 4 aromatic rings. The van der Waals surface area contributed by atoms with Crippen LogP contribution in [-0.4, -0.2) is 14.8 Å². The van der Waals surface area contributed by atoms with Gasteiger partial charge in [0.1, 0.15) is 0 Å². The van der Waals surface area contributed by atoms with Crippen molar-refractivity contribution in [2.45, 2.75) is 10.9 Å². The van der Waals surface area contributed by atoms with Crippen molar-refractivity contribution in [3.8, 4) is 17.1 Å². The second-order valence-corrected chi connectivity index (χ2v) is 8.69. The van der Waals surface area contributed by atoms with E-state index < -0.39 is 0 Å². The number of thioether (sulfide) groups is 1. The monoisotopic (exact) mass is 479 g/mol. The lowest BCUT2D eigenvalue weighted by molar-refractivity contribution is 0.886. The highest BCUT2D eigenvalue weighted by atomic mass is 35.5. The Morgan fingerprint density at radius 1 is 0.724 bits per heavy atom. The van der Waals surface area contributed by atoms with Gasteiger partial charge in [0.05, 0.1) is 5.02 Å². The van der Waals surface area contributed by atoms with Gasteiger partial charge in [-0.3, -0.25) is 4.57 Å². The highest BCUT2D eigenvalue weighted by Crippen LogP contribution is 2.35. The maximum absolute atomic E-state index is 6.42. The summed E-state index contributed by atoms with van der Waals surface area (Å²) in [6.45, 7) is 0. The van der Waals surface area contributed by atoms with Gasteiger partial charge in [0, 0.05) is 32.1 Å². The van der Waals surface area contributed by atoms with E-state index in [1.165, 1.54) is 11.8 Å². The first-order valence-electron chi connectivity index (χ1n) is 8.56. The lowest BCUT2D eigenvalue weighted by Gasteiger charge is -2.12. The topological polar surface area (TPSA) is 30.7 Å². The van der Waals surface area contributed by atoms with Crippen molar-refractivity contribution < 1.29 is 0 Å². The largest absolute Gasteiger partial charge is 0.270 e. The van der Waals surface area contributed by atoms with Crippen molar-refractivity contribution in [3.05, 3.63) is 92.4 Å². The first kappa shape index (κ1) is 20.6. The van der Waals surface area contributed by atoms with Gasteiger partial charge in [0.2, 0.25) is 0 Å². The molecule has 1 aromatic heterocycles. The first-order chi connectivity index (χ1) is 14.0. The average molecular weight is 481 g/mol. The van der Waals surface area contributed by atoms with Crippen LogP contribution in [0.2, 0.25) is 20.1 Å². The normalized spacial score (nSPS) is 11.0. The van der Waals surface area contributed by atoms with Crippen LogP contribution in [-0.2, 0) is 5.75 Å². The van der Waals surface area contributed by atoms with E-state index in [4.69, 9.17) is 46.4 Å². The molecule has 0 unspecified atom stereocenters. The molecule has 0 aliphatic heterocycles. The minimum atomic E-state index is 0.548. The predicted molar refractivity (Wildman–Crippen MR) is 123 cm³/mol. The number of nitrogens with zero attached hydrogens (tertiary/aromatic N) is 3. The summed E-state index contributed by atoms with van der Waals surface area (Å²) in [6.07, 6.45) is 0. The van der Waals surface area contributed by atoms with Crippen LogP contribution in [0.5, 0.6) is 0 Å².